The predicted octanol–water partition coefficient (Wildman–Crippen LogP) is 4.23. The van der Waals surface area contributed by atoms with Crippen molar-refractivity contribution in [2.75, 3.05) is 18.0 Å². The summed E-state index contributed by atoms with van der Waals surface area (Å²) in [5.41, 5.74) is 0.976. The van der Waals surface area contributed by atoms with Gasteiger partial charge in [0.2, 0.25) is 0 Å². The Kier molecular flexibility index (Phi) is 4.88. The topological polar surface area (TPSA) is 63.4 Å². The summed E-state index contributed by atoms with van der Waals surface area (Å²) in [5, 5.41) is 11.0. The molecule has 0 aliphatic carbocycles. The van der Waals surface area contributed by atoms with E-state index in [0.717, 1.165) is 25.9 Å². The Hall–Kier alpha value is -3.02. The number of nitrogens with zero attached hydrogens (tertiary/aromatic N) is 2. The van der Waals surface area contributed by atoms with Crippen LogP contribution in [0.2, 0.25) is 0 Å². The largest absolute Gasteiger partial charge is 0.369 e. The third kappa shape index (κ3) is 3.74. The van der Waals surface area contributed by atoms with E-state index in [1.54, 1.807) is 30.3 Å². The third-order valence-electron chi connectivity index (χ3n) is 4.23. The van der Waals surface area contributed by atoms with E-state index in [-0.39, 0.29) is 11.3 Å². The number of carbonyl (C=O) groups is 1. The highest BCUT2D eigenvalue weighted by Crippen LogP contribution is 2.25. The van der Waals surface area contributed by atoms with E-state index in [2.05, 4.69) is 0 Å². The number of nitro benzene ring substituents is 1. The first-order chi connectivity index (χ1) is 12.1. The van der Waals surface area contributed by atoms with Gasteiger partial charge in [0.25, 0.3) is 5.69 Å². The molecule has 1 saturated heterocycles. The van der Waals surface area contributed by atoms with Crippen LogP contribution in [-0.4, -0.2) is 23.8 Å². The third-order valence-corrected chi connectivity index (χ3v) is 4.23. The van der Waals surface area contributed by atoms with Gasteiger partial charge in [0.05, 0.1) is 16.2 Å². The zero-order valence-corrected chi connectivity index (χ0v) is 13.5. The normalized spacial score (nSPS) is 14.2. The van der Waals surface area contributed by atoms with Crippen LogP contribution in [-0.2, 0) is 0 Å². The number of nitro groups is 1. The first-order valence-corrected chi connectivity index (χ1v) is 8.06. The number of halogens is 1. The Morgan fingerprint density at radius 3 is 2.56 bits per heavy atom. The number of benzene rings is 2. The molecule has 2 aromatic rings. The summed E-state index contributed by atoms with van der Waals surface area (Å²) in [7, 11) is 0. The van der Waals surface area contributed by atoms with Crippen LogP contribution in [0.15, 0.2) is 48.5 Å². The number of ketones is 1. The van der Waals surface area contributed by atoms with Crippen molar-refractivity contribution < 1.29 is 14.1 Å². The fraction of sp³-hybridized carbons (Fsp3) is 0.211. The monoisotopic (exact) mass is 340 g/mol. The second-order valence-electron chi connectivity index (χ2n) is 5.87. The van der Waals surface area contributed by atoms with Crippen molar-refractivity contribution in [2.24, 2.45) is 0 Å². The summed E-state index contributed by atoms with van der Waals surface area (Å²) < 4.78 is 14.3. The number of anilines is 1. The fourth-order valence-electron chi connectivity index (χ4n) is 2.93. The molecule has 1 heterocycles. The van der Waals surface area contributed by atoms with Crippen molar-refractivity contribution in [1.29, 1.82) is 0 Å². The van der Waals surface area contributed by atoms with Gasteiger partial charge in [-0.15, -0.1) is 0 Å². The molecule has 25 heavy (non-hydrogen) atoms. The molecule has 2 aromatic carbocycles. The summed E-state index contributed by atoms with van der Waals surface area (Å²) in [6.07, 6.45) is 4.69. The lowest BCUT2D eigenvalue weighted by Crippen LogP contribution is -2.19. The van der Waals surface area contributed by atoms with E-state index in [4.69, 9.17) is 0 Å². The molecule has 1 aliphatic rings. The molecule has 0 amide bonds. The maximum absolute atomic E-state index is 14.3. The van der Waals surface area contributed by atoms with Crippen molar-refractivity contribution in [2.45, 2.75) is 12.8 Å². The Bertz CT molecular complexity index is 842. The van der Waals surface area contributed by atoms with Gasteiger partial charge in [0, 0.05) is 24.7 Å². The molecule has 1 fully saturated rings. The molecule has 0 atom stereocenters. The molecule has 0 saturated carbocycles. The maximum atomic E-state index is 14.3. The Balaban J connectivity index is 1.80. The van der Waals surface area contributed by atoms with Crippen LogP contribution in [0, 0.1) is 15.9 Å². The number of hydrogen-bond donors (Lipinski definition) is 0. The summed E-state index contributed by atoms with van der Waals surface area (Å²) >= 11 is 0. The van der Waals surface area contributed by atoms with Crippen LogP contribution >= 0.6 is 0 Å². The average Bonchev–Trinajstić information content (AvgIpc) is 3.14. The summed E-state index contributed by atoms with van der Waals surface area (Å²) in [6.45, 7) is 1.64. The van der Waals surface area contributed by atoms with Gasteiger partial charge < -0.3 is 4.90 Å². The van der Waals surface area contributed by atoms with E-state index in [0.29, 0.717) is 11.3 Å². The van der Waals surface area contributed by atoms with Crippen LogP contribution < -0.4 is 4.90 Å². The zero-order valence-electron chi connectivity index (χ0n) is 13.5. The lowest BCUT2D eigenvalue weighted by molar-refractivity contribution is -0.385. The van der Waals surface area contributed by atoms with Gasteiger partial charge in [-0.25, -0.2) is 4.39 Å². The van der Waals surface area contributed by atoms with Crippen LogP contribution in [0.4, 0.5) is 15.8 Å². The summed E-state index contributed by atoms with van der Waals surface area (Å²) in [5.74, 6) is -0.822. The number of para-hydroxylation sites is 1. The van der Waals surface area contributed by atoms with Gasteiger partial charge >= 0.3 is 0 Å². The lowest BCUT2D eigenvalue weighted by atomic mass is 10.1. The molecular formula is C19H17FN2O3. The predicted molar refractivity (Wildman–Crippen MR) is 94.3 cm³/mol. The molecule has 6 heteroatoms. The first-order valence-electron chi connectivity index (χ1n) is 8.06. The SMILES string of the molecule is O=C(/C=C/c1ccccc1[N+](=O)[O-])c1ccc(N2CCCC2)c(F)c1. The van der Waals surface area contributed by atoms with Crippen LogP contribution in [0.25, 0.3) is 6.08 Å². The van der Waals surface area contributed by atoms with Crippen molar-refractivity contribution >= 4 is 23.2 Å². The van der Waals surface area contributed by atoms with E-state index >= 15 is 0 Å². The second kappa shape index (κ2) is 7.25. The Morgan fingerprint density at radius 1 is 1.16 bits per heavy atom. The van der Waals surface area contributed by atoms with E-state index in [1.165, 1.54) is 24.3 Å². The van der Waals surface area contributed by atoms with Crippen molar-refractivity contribution in [1.82, 2.24) is 0 Å². The number of rotatable bonds is 5. The molecule has 0 bridgehead atoms. The summed E-state index contributed by atoms with van der Waals surface area (Å²) in [4.78, 5) is 24.7. The van der Waals surface area contributed by atoms with Gasteiger partial charge in [0.15, 0.2) is 5.78 Å². The van der Waals surface area contributed by atoms with Crippen molar-refractivity contribution in [3.8, 4) is 0 Å². The Morgan fingerprint density at radius 2 is 1.88 bits per heavy atom. The highest BCUT2D eigenvalue weighted by Gasteiger charge is 2.17. The molecule has 0 N–H and O–H groups in total. The molecule has 0 aromatic heterocycles. The molecule has 128 valence electrons. The van der Waals surface area contributed by atoms with E-state index in [9.17, 15) is 19.3 Å². The molecule has 0 unspecified atom stereocenters. The first kappa shape index (κ1) is 16.8. The number of carbonyl (C=O) groups excluding carboxylic acids is 1. The average molecular weight is 340 g/mol. The minimum Gasteiger partial charge on any atom is -0.369 e. The fourth-order valence-corrected chi connectivity index (χ4v) is 2.93. The van der Waals surface area contributed by atoms with Crippen molar-refractivity contribution in [3.63, 3.8) is 0 Å². The van der Waals surface area contributed by atoms with Crippen LogP contribution in [0.1, 0.15) is 28.8 Å². The van der Waals surface area contributed by atoms with Gasteiger partial charge in [-0.1, -0.05) is 12.1 Å². The van der Waals surface area contributed by atoms with E-state index in [1.807, 2.05) is 4.90 Å². The van der Waals surface area contributed by atoms with Gasteiger partial charge in [-0.2, -0.15) is 0 Å². The molecule has 0 spiro atoms. The van der Waals surface area contributed by atoms with Crippen LogP contribution in [0.3, 0.4) is 0 Å². The molecular weight excluding hydrogens is 323 g/mol. The quantitative estimate of drug-likeness (QED) is 0.354. The van der Waals surface area contributed by atoms with Gasteiger partial charge in [0.1, 0.15) is 5.82 Å². The number of allylic oxidation sites excluding steroid dienone is 1. The highest BCUT2D eigenvalue weighted by atomic mass is 19.1. The smallest absolute Gasteiger partial charge is 0.276 e. The minimum absolute atomic E-state index is 0.0814. The molecule has 1 aliphatic heterocycles. The maximum Gasteiger partial charge on any atom is 0.276 e. The van der Waals surface area contributed by atoms with E-state index < -0.39 is 16.5 Å². The van der Waals surface area contributed by atoms with Gasteiger partial charge in [-0.3, -0.25) is 14.9 Å². The molecule has 0 radical (unpaired) electrons. The second-order valence-corrected chi connectivity index (χ2v) is 5.87. The zero-order chi connectivity index (χ0) is 17.8. The molecule has 5 nitrogen and oxygen atoms in total. The van der Waals surface area contributed by atoms with Gasteiger partial charge in [-0.05, 0) is 49.3 Å². The van der Waals surface area contributed by atoms with Crippen LogP contribution in [0.5, 0.6) is 0 Å². The highest BCUT2D eigenvalue weighted by molar-refractivity contribution is 6.07. The molecule has 3 rings (SSSR count). The summed E-state index contributed by atoms with van der Waals surface area (Å²) in [6, 6.07) is 10.6. The minimum atomic E-state index is -0.505. The Labute approximate surface area is 144 Å². The van der Waals surface area contributed by atoms with Crippen molar-refractivity contribution in [3.05, 3.63) is 75.6 Å². The lowest BCUT2D eigenvalue weighted by Gasteiger charge is -2.18. The standard InChI is InChI=1S/C19H17FN2O3/c20-16-13-15(7-9-18(16)21-11-3-4-12-21)19(23)10-8-14-5-1-2-6-17(14)22(24)25/h1-2,5-10,13H,3-4,11-12H2/b10-8+. The number of hydrogen-bond acceptors (Lipinski definition) is 4.